The predicted octanol–water partition coefficient (Wildman–Crippen LogP) is 2.64. The van der Waals surface area contributed by atoms with Crippen LogP contribution in [0.4, 0.5) is 5.82 Å². The normalized spacial score (nSPS) is 14.4. The molecule has 2 aromatic rings. The van der Waals surface area contributed by atoms with Gasteiger partial charge in [-0.1, -0.05) is 13.8 Å². The molecule has 2 aromatic heterocycles. The van der Waals surface area contributed by atoms with E-state index in [0.717, 1.165) is 56.3 Å². The van der Waals surface area contributed by atoms with Crippen LogP contribution in [0.1, 0.15) is 42.8 Å². The number of nitrogens with zero attached hydrogens (tertiary/aromatic N) is 4. The molecule has 3 heterocycles. The number of ether oxygens (including phenoxy) is 1. The lowest BCUT2D eigenvalue weighted by atomic mass is 10.1. The Morgan fingerprint density at radius 2 is 2.03 bits per heavy atom. The number of rotatable bonds is 8. The zero-order chi connectivity index (χ0) is 20.8. The summed E-state index contributed by atoms with van der Waals surface area (Å²) in [4.78, 5) is 19.1. The molecular formula is C22H33N5O2. The zero-order valence-corrected chi connectivity index (χ0v) is 18.1. The smallest absolute Gasteiger partial charge is 0.220 e. The number of amides is 1. The first-order valence-electron chi connectivity index (χ1n) is 10.5. The first kappa shape index (κ1) is 21.3. The monoisotopic (exact) mass is 399 g/mol. The molecule has 3 rings (SSSR count). The van der Waals surface area contributed by atoms with E-state index >= 15 is 0 Å². The summed E-state index contributed by atoms with van der Waals surface area (Å²) in [5, 5.41) is 7.68. The summed E-state index contributed by atoms with van der Waals surface area (Å²) in [6, 6.07) is 4.00. The Labute approximate surface area is 173 Å². The SMILES string of the molecule is Cc1nn(CC(C)C)c(C)c1CCC(=O)NCc1ccnc(N2CCOCC2)c1. The van der Waals surface area contributed by atoms with Gasteiger partial charge in [0.05, 0.1) is 18.9 Å². The third kappa shape index (κ3) is 5.79. The molecule has 0 saturated carbocycles. The van der Waals surface area contributed by atoms with Crippen molar-refractivity contribution in [3.05, 3.63) is 40.8 Å². The van der Waals surface area contributed by atoms with Crippen molar-refractivity contribution in [2.75, 3.05) is 31.2 Å². The lowest BCUT2D eigenvalue weighted by molar-refractivity contribution is -0.121. The maximum Gasteiger partial charge on any atom is 0.220 e. The van der Waals surface area contributed by atoms with Gasteiger partial charge in [0.2, 0.25) is 5.91 Å². The van der Waals surface area contributed by atoms with Crippen LogP contribution in [0.3, 0.4) is 0 Å². The molecule has 0 radical (unpaired) electrons. The molecule has 1 aliphatic rings. The summed E-state index contributed by atoms with van der Waals surface area (Å²) >= 11 is 0. The molecule has 7 nitrogen and oxygen atoms in total. The average molecular weight is 400 g/mol. The van der Waals surface area contributed by atoms with Crippen molar-refractivity contribution < 1.29 is 9.53 Å². The van der Waals surface area contributed by atoms with Gasteiger partial charge in [0.15, 0.2) is 0 Å². The molecule has 0 unspecified atom stereocenters. The number of morpholine rings is 1. The van der Waals surface area contributed by atoms with Crippen LogP contribution in [0.2, 0.25) is 0 Å². The lowest BCUT2D eigenvalue weighted by Gasteiger charge is -2.28. The van der Waals surface area contributed by atoms with Crippen LogP contribution in [0, 0.1) is 19.8 Å². The fraction of sp³-hybridized carbons (Fsp3) is 0.591. The summed E-state index contributed by atoms with van der Waals surface area (Å²) in [5.74, 6) is 1.56. The molecule has 1 saturated heterocycles. The number of aryl methyl sites for hydroxylation is 1. The van der Waals surface area contributed by atoms with Crippen LogP contribution in [0.15, 0.2) is 18.3 Å². The molecule has 1 fully saturated rings. The van der Waals surface area contributed by atoms with Gasteiger partial charge in [0, 0.05) is 44.5 Å². The van der Waals surface area contributed by atoms with Gasteiger partial charge < -0.3 is 15.0 Å². The number of carbonyl (C=O) groups excluding carboxylic acids is 1. The third-order valence-electron chi connectivity index (χ3n) is 5.31. The minimum absolute atomic E-state index is 0.0603. The molecular weight excluding hydrogens is 366 g/mol. The maximum absolute atomic E-state index is 12.4. The molecule has 1 aliphatic heterocycles. The fourth-order valence-corrected chi connectivity index (χ4v) is 3.68. The summed E-state index contributed by atoms with van der Waals surface area (Å²) in [6.07, 6.45) is 3.00. The van der Waals surface area contributed by atoms with E-state index in [4.69, 9.17) is 4.74 Å². The lowest BCUT2D eigenvalue weighted by Crippen LogP contribution is -2.36. The number of nitrogens with one attached hydrogen (secondary N) is 1. The van der Waals surface area contributed by atoms with E-state index in [1.165, 1.54) is 11.3 Å². The second kappa shape index (κ2) is 9.87. The first-order valence-corrected chi connectivity index (χ1v) is 10.5. The van der Waals surface area contributed by atoms with E-state index in [0.29, 0.717) is 18.9 Å². The van der Waals surface area contributed by atoms with E-state index in [2.05, 4.69) is 51.8 Å². The van der Waals surface area contributed by atoms with Crippen LogP contribution >= 0.6 is 0 Å². The van der Waals surface area contributed by atoms with E-state index in [1.54, 1.807) is 0 Å². The van der Waals surface area contributed by atoms with Crippen molar-refractivity contribution in [1.82, 2.24) is 20.1 Å². The molecule has 0 spiro atoms. The predicted molar refractivity (Wildman–Crippen MR) is 114 cm³/mol. The summed E-state index contributed by atoms with van der Waals surface area (Å²) in [6.45, 7) is 13.1. The standard InChI is InChI=1S/C22H33N5O2/c1-16(2)15-27-18(4)20(17(3)25-27)5-6-22(28)24-14-19-7-8-23-21(13-19)26-9-11-29-12-10-26/h7-8,13,16H,5-6,9-12,14-15H2,1-4H3,(H,24,28). The molecule has 1 N–H and O–H groups in total. The molecule has 7 heteroatoms. The topological polar surface area (TPSA) is 72.3 Å². The van der Waals surface area contributed by atoms with Crippen LogP contribution < -0.4 is 10.2 Å². The van der Waals surface area contributed by atoms with Gasteiger partial charge in [0.25, 0.3) is 0 Å². The minimum atomic E-state index is 0.0603. The quantitative estimate of drug-likeness (QED) is 0.739. The van der Waals surface area contributed by atoms with E-state index in [-0.39, 0.29) is 5.91 Å². The van der Waals surface area contributed by atoms with Crippen molar-refractivity contribution >= 4 is 11.7 Å². The van der Waals surface area contributed by atoms with Crippen molar-refractivity contribution in [1.29, 1.82) is 0 Å². The van der Waals surface area contributed by atoms with Crippen LogP contribution in [0.5, 0.6) is 0 Å². The van der Waals surface area contributed by atoms with Gasteiger partial charge in [-0.15, -0.1) is 0 Å². The number of anilines is 1. The van der Waals surface area contributed by atoms with Crippen molar-refractivity contribution in [3.63, 3.8) is 0 Å². The Morgan fingerprint density at radius 1 is 1.28 bits per heavy atom. The summed E-state index contributed by atoms with van der Waals surface area (Å²) in [5.41, 5.74) is 4.46. The fourth-order valence-electron chi connectivity index (χ4n) is 3.68. The van der Waals surface area contributed by atoms with Crippen molar-refractivity contribution in [2.45, 2.75) is 53.6 Å². The highest BCUT2D eigenvalue weighted by molar-refractivity contribution is 5.76. The zero-order valence-electron chi connectivity index (χ0n) is 18.1. The number of aromatic nitrogens is 3. The maximum atomic E-state index is 12.4. The second-order valence-electron chi connectivity index (χ2n) is 8.12. The second-order valence-corrected chi connectivity index (χ2v) is 8.12. The van der Waals surface area contributed by atoms with Crippen LogP contribution in [0.25, 0.3) is 0 Å². The number of hydrogen-bond donors (Lipinski definition) is 1. The Hall–Kier alpha value is -2.41. The molecule has 0 atom stereocenters. The van der Waals surface area contributed by atoms with Gasteiger partial charge >= 0.3 is 0 Å². The average Bonchev–Trinajstić information content (AvgIpc) is 2.98. The largest absolute Gasteiger partial charge is 0.378 e. The highest BCUT2D eigenvalue weighted by Gasteiger charge is 2.15. The molecule has 0 aromatic carbocycles. The van der Waals surface area contributed by atoms with Crippen molar-refractivity contribution in [3.8, 4) is 0 Å². The Kier molecular flexibility index (Phi) is 7.25. The van der Waals surface area contributed by atoms with Crippen molar-refractivity contribution in [2.24, 2.45) is 5.92 Å². The Morgan fingerprint density at radius 3 is 2.76 bits per heavy atom. The van der Waals surface area contributed by atoms with Gasteiger partial charge in [-0.2, -0.15) is 5.10 Å². The van der Waals surface area contributed by atoms with Gasteiger partial charge in [-0.05, 0) is 49.4 Å². The van der Waals surface area contributed by atoms with Gasteiger partial charge in [-0.25, -0.2) is 4.98 Å². The molecule has 1 amide bonds. The highest BCUT2D eigenvalue weighted by Crippen LogP contribution is 2.17. The highest BCUT2D eigenvalue weighted by atomic mass is 16.5. The number of carbonyl (C=O) groups is 1. The number of hydrogen-bond acceptors (Lipinski definition) is 5. The first-order chi connectivity index (χ1) is 13.9. The molecule has 29 heavy (non-hydrogen) atoms. The molecule has 158 valence electrons. The molecule has 0 bridgehead atoms. The van der Waals surface area contributed by atoms with Crippen LogP contribution in [-0.2, 0) is 29.0 Å². The van der Waals surface area contributed by atoms with Gasteiger partial charge in [0.1, 0.15) is 5.82 Å². The van der Waals surface area contributed by atoms with E-state index in [9.17, 15) is 4.79 Å². The van der Waals surface area contributed by atoms with Crippen LogP contribution in [-0.4, -0.2) is 47.0 Å². The van der Waals surface area contributed by atoms with Gasteiger partial charge in [-0.3, -0.25) is 9.48 Å². The Balaban J connectivity index is 1.51. The number of pyridine rings is 1. The third-order valence-corrected chi connectivity index (χ3v) is 5.31. The Bertz CT molecular complexity index is 825. The summed E-state index contributed by atoms with van der Waals surface area (Å²) in [7, 11) is 0. The van der Waals surface area contributed by atoms with E-state index in [1.807, 2.05) is 19.2 Å². The molecule has 0 aliphatic carbocycles. The van der Waals surface area contributed by atoms with E-state index < -0.39 is 0 Å². The summed E-state index contributed by atoms with van der Waals surface area (Å²) < 4.78 is 7.47. The minimum Gasteiger partial charge on any atom is -0.378 e.